The van der Waals surface area contributed by atoms with Gasteiger partial charge in [0, 0.05) is 12.3 Å². The summed E-state index contributed by atoms with van der Waals surface area (Å²) in [5.74, 6) is 1.75. The summed E-state index contributed by atoms with van der Waals surface area (Å²) in [4.78, 5) is 0. The van der Waals surface area contributed by atoms with Crippen molar-refractivity contribution in [3.63, 3.8) is 0 Å². The number of aryl methyl sites for hydroxylation is 1. The molecule has 116 valence electrons. The topological polar surface area (TPSA) is 54.5 Å². The third kappa shape index (κ3) is 3.42. The highest BCUT2D eigenvalue weighted by Gasteiger charge is 2.38. The van der Waals surface area contributed by atoms with Gasteiger partial charge >= 0.3 is 0 Å². The summed E-state index contributed by atoms with van der Waals surface area (Å²) in [6.45, 7) is 8.95. The largest absolute Gasteiger partial charge is 0.309 e. The first kappa shape index (κ1) is 16.4. The molecule has 21 heavy (non-hydrogen) atoms. The highest BCUT2D eigenvalue weighted by molar-refractivity contribution is 7.99. The van der Waals surface area contributed by atoms with E-state index < -0.39 is 0 Å². The van der Waals surface area contributed by atoms with Crippen LogP contribution in [0.2, 0.25) is 0 Å². The van der Waals surface area contributed by atoms with E-state index in [1.54, 1.807) is 11.8 Å². The van der Waals surface area contributed by atoms with Crippen LogP contribution in [0.1, 0.15) is 52.3 Å². The Balaban J connectivity index is 2.14. The Kier molecular flexibility index (Phi) is 4.98. The molecule has 1 heterocycles. The monoisotopic (exact) mass is 306 g/mol. The lowest BCUT2D eigenvalue weighted by atomic mass is 9.67. The summed E-state index contributed by atoms with van der Waals surface area (Å²) in [6.07, 6.45) is 4.48. The molecule has 0 radical (unpaired) electrons. The Bertz CT molecular complexity index is 529. The van der Waals surface area contributed by atoms with Crippen LogP contribution in [0.5, 0.6) is 0 Å². The molecule has 0 N–H and O–H groups in total. The van der Waals surface area contributed by atoms with E-state index in [2.05, 4.69) is 37.0 Å². The molecule has 4 nitrogen and oxygen atoms in total. The summed E-state index contributed by atoms with van der Waals surface area (Å²) in [7, 11) is 2.00. The zero-order chi connectivity index (χ0) is 15.6. The molecule has 1 aromatic rings. The van der Waals surface area contributed by atoms with Crippen molar-refractivity contribution in [2.45, 2.75) is 63.8 Å². The molecule has 3 unspecified atom stereocenters. The van der Waals surface area contributed by atoms with Gasteiger partial charge in [-0.3, -0.25) is 0 Å². The minimum Gasteiger partial charge on any atom is -0.309 e. The fraction of sp³-hybridized carbons (Fsp3) is 0.812. The second-order valence-electron chi connectivity index (χ2n) is 6.83. The standard InChI is InChI=1S/C16H26N4S/c1-6-16(3,4)13-8-7-12(10-17)14(9-13)21-15-19-18-11(2)20(15)5/h12-14H,6-9H2,1-5H3. The van der Waals surface area contributed by atoms with Gasteiger partial charge in [0.05, 0.1) is 12.0 Å². The molecule has 0 bridgehead atoms. The Labute approximate surface area is 132 Å². The summed E-state index contributed by atoms with van der Waals surface area (Å²) < 4.78 is 2.02. The van der Waals surface area contributed by atoms with Crippen LogP contribution < -0.4 is 0 Å². The average Bonchev–Trinajstić information content (AvgIpc) is 2.79. The van der Waals surface area contributed by atoms with Gasteiger partial charge in [-0.2, -0.15) is 5.26 Å². The van der Waals surface area contributed by atoms with E-state index in [9.17, 15) is 5.26 Å². The van der Waals surface area contributed by atoms with E-state index in [0.717, 1.165) is 23.8 Å². The van der Waals surface area contributed by atoms with E-state index >= 15 is 0 Å². The van der Waals surface area contributed by atoms with Gasteiger partial charge in [-0.25, -0.2) is 0 Å². The Hall–Kier alpha value is -1.02. The third-order valence-electron chi connectivity index (χ3n) is 5.28. The van der Waals surface area contributed by atoms with Crippen LogP contribution in [0.15, 0.2) is 5.16 Å². The van der Waals surface area contributed by atoms with E-state index in [4.69, 9.17) is 0 Å². The Morgan fingerprint density at radius 1 is 1.38 bits per heavy atom. The summed E-state index contributed by atoms with van der Waals surface area (Å²) in [5.41, 5.74) is 0.356. The molecular formula is C16H26N4S. The van der Waals surface area contributed by atoms with Gasteiger partial charge in [0.2, 0.25) is 0 Å². The maximum atomic E-state index is 9.45. The van der Waals surface area contributed by atoms with Crippen molar-refractivity contribution in [2.24, 2.45) is 24.3 Å². The normalized spacial score (nSPS) is 26.6. The molecule has 1 aliphatic rings. The maximum Gasteiger partial charge on any atom is 0.191 e. The van der Waals surface area contributed by atoms with E-state index in [1.807, 2.05) is 18.5 Å². The second-order valence-corrected chi connectivity index (χ2v) is 8.04. The van der Waals surface area contributed by atoms with E-state index in [-0.39, 0.29) is 5.92 Å². The predicted molar refractivity (Wildman–Crippen MR) is 85.9 cm³/mol. The second kappa shape index (κ2) is 6.39. The fourth-order valence-corrected chi connectivity index (χ4v) is 4.37. The molecule has 1 aliphatic carbocycles. The zero-order valence-electron chi connectivity index (χ0n) is 13.8. The molecule has 2 rings (SSSR count). The number of hydrogen-bond acceptors (Lipinski definition) is 4. The van der Waals surface area contributed by atoms with Crippen LogP contribution in [0.4, 0.5) is 0 Å². The highest BCUT2D eigenvalue weighted by atomic mass is 32.2. The van der Waals surface area contributed by atoms with Gasteiger partial charge in [-0.15, -0.1) is 10.2 Å². The average molecular weight is 306 g/mol. The molecule has 0 saturated heterocycles. The molecule has 1 fully saturated rings. The van der Waals surface area contributed by atoms with E-state index in [1.165, 1.54) is 12.8 Å². The van der Waals surface area contributed by atoms with Crippen molar-refractivity contribution in [2.75, 3.05) is 0 Å². The minimum absolute atomic E-state index is 0.135. The van der Waals surface area contributed by atoms with Crippen molar-refractivity contribution in [3.8, 4) is 6.07 Å². The number of aromatic nitrogens is 3. The molecule has 0 amide bonds. The van der Waals surface area contributed by atoms with E-state index in [0.29, 0.717) is 16.6 Å². The van der Waals surface area contributed by atoms with Gasteiger partial charge in [0.15, 0.2) is 5.16 Å². The molecule has 5 heteroatoms. The van der Waals surface area contributed by atoms with Crippen molar-refractivity contribution >= 4 is 11.8 Å². The smallest absolute Gasteiger partial charge is 0.191 e. The molecule has 1 saturated carbocycles. The number of hydrogen-bond donors (Lipinski definition) is 0. The Morgan fingerprint density at radius 3 is 2.62 bits per heavy atom. The van der Waals surface area contributed by atoms with Crippen molar-refractivity contribution < 1.29 is 0 Å². The zero-order valence-corrected chi connectivity index (χ0v) is 14.6. The molecule has 3 atom stereocenters. The van der Waals surface area contributed by atoms with Crippen molar-refractivity contribution in [3.05, 3.63) is 5.82 Å². The van der Waals surface area contributed by atoms with Crippen LogP contribution in [0.25, 0.3) is 0 Å². The first-order valence-corrected chi connectivity index (χ1v) is 8.69. The van der Waals surface area contributed by atoms with Crippen LogP contribution >= 0.6 is 11.8 Å². The lowest BCUT2D eigenvalue weighted by Crippen LogP contribution is -2.34. The van der Waals surface area contributed by atoms with Gasteiger partial charge in [0.1, 0.15) is 5.82 Å². The van der Waals surface area contributed by atoms with Gasteiger partial charge in [-0.05, 0) is 37.5 Å². The summed E-state index contributed by atoms with van der Waals surface area (Å²) >= 11 is 1.74. The molecular weight excluding hydrogens is 280 g/mol. The summed E-state index contributed by atoms with van der Waals surface area (Å²) in [6, 6.07) is 2.51. The molecule has 0 spiro atoms. The molecule has 0 aromatic carbocycles. The number of nitrogens with zero attached hydrogens (tertiary/aromatic N) is 4. The lowest BCUT2D eigenvalue weighted by molar-refractivity contribution is 0.144. The van der Waals surface area contributed by atoms with Crippen LogP contribution in [0, 0.1) is 35.5 Å². The van der Waals surface area contributed by atoms with Crippen molar-refractivity contribution in [1.82, 2.24) is 14.8 Å². The quantitative estimate of drug-likeness (QED) is 0.845. The lowest BCUT2D eigenvalue weighted by Gasteiger charge is -2.40. The number of thioether (sulfide) groups is 1. The van der Waals surface area contributed by atoms with Crippen LogP contribution in [-0.4, -0.2) is 20.0 Å². The number of rotatable bonds is 4. The van der Waals surface area contributed by atoms with Gasteiger partial charge < -0.3 is 4.57 Å². The molecule has 0 aliphatic heterocycles. The first-order chi connectivity index (χ1) is 9.89. The van der Waals surface area contributed by atoms with Gasteiger partial charge in [-0.1, -0.05) is 39.0 Å². The van der Waals surface area contributed by atoms with Crippen LogP contribution in [0.3, 0.4) is 0 Å². The highest BCUT2D eigenvalue weighted by Crippen LogP contribution is 2.46. The van der Waals surface area contributed by atoms with Crippen molar-refractivity contribution in [1.29, 1.82) is 5.26 Å². The maximum absolute atomic E-state index is 9.45. The number of nitriles is 1. The summed E-state index contributed by atoms with van der Waals surface area (Å²) in [5, 5.41) is 19.1. The SMILES string of the molecule is CCC(C)(C)C1CCC(C#N)C(Sc2nnc(C)n2C)C1. The first-order valence-electron chi connectivity index (χ1n) is 7.81. The van der Waals surface area contributed by atoms with Gasteiger partial charge in [0.25, 0.3) is 0 Å². The minimum atomic E-state index is 0.135. The molecule has 1 aromatic heterocycles. The Morgan fingerprint density at radius 2 is 2.10 bits per heavy atom. The van der Waals surface area contributed by atoms with Crippen LogP contribution in [-0.2, 0) is 7.05 Å². The third-order valence-corrected chi connectivity index (χ3v) is 6.67. The predicted octanol–water partition coefficient (Wildman–Crippen LogP) is 3.96. The fourth-order valence-electron chi connectivity index (χ4n) is 3.03.